The Hall–Kier alpha value is -0.650. The Labute approximate surface area is 109 Å². The van der Waals surface area contributed by atoms with Crippen LogP contribution in [0.2, 0.25) is 0 Å². The standard InChI is InChI=1S/C13H26N2O3/c1-4-15-13(12(14)16)7-5-6-11(8-13)18-10(2)9-17-3/h10-11,15H,4-9H2,1-3H3,(H2,14,16). The van der Waals surface area contributed by atoms with Crippen molar-refractivity contribution in [1.29, 1.82) is 0 Å². The number of ether oxygens (including phenoxy) is 2. The number of nitrogens with one attached hydrogen (secondary N) is 1. The second-order valence-electron chi connectivity index (χ2n) is 5.10. The summed E-state index contributed by atoms with van der Waals surface area (Å²) in [6.45, 7) is 5.28. The summed E-state index contributed by atoms with van der Waals surface area (Å²) in [5.74, 6) is -0.267. The maximum absolute atomic E-state index is 11.7. The number of methoxy groups -OCH3 is 1. The molecule has 0 aromatic carbocycles. The minimum absolute atomic E-state index is 0.0466. The van der Waals surface area contributed by atoms with Crippen molar-refractivity contribution in [3.63, 3.8) is 0 Å². The van der Waals surface area contributed by atoms with Gasteiger partial charge in [0.1, 0.15) is 5.54 Å². The molecule has 1 rings (SSSR count). The first-order valence-corrected chi connectivity index (χ1v) is 6.73. The van der Waals surface area contributed by atoms with Gasteiger partial charge in [0.25, 0.3) is 0 Å². The third kappa shape index (κ3) is 3.93. The molecule has 0 heterocycles. The lowest BCUT2D eigenvalue weighted by molar-refractivity contribution is -0.130. The summed E-state index contributed by atoms with van der Waals surface area (Å²) in [4.78, 5) is 11.7. The predicted octanol–water partition coefficient (Wildman–Crippen LogP) is 0.814. The van der Waals surface area contributed by atoms with E-state index in [2.05, 4.69) is 5.32 Å². The summed E-state index contributed by atoms with van der Waals surface area (Å²) < 4.78 is 11.0. The van der Waals surface area contributed by atoms with E-state index in [0.29, 0.717) is 13.0 Å². The van der Waals surface area contributed by atoms with Crippen LogP contribution in [0.5, 0.6) is 0 Å². The van der Waals surface area contributed by atoms with Crippen LogP contribution >= 0.6 is 0 Å². The van der Waals surface area contributed by atoms with Gasteiger partial charge in [-0.25, -0.2) is 0 Å². The highest BCUT2D eigenvalue weighted by atomic mass is 16.5. The SMILES string of the molecule is CCNC1(C(N)=O)CCCC(OC(C)COC)C1. The van der Waals surface area contributed by atoms with Crippen molar-refractivity contribution < 1.29 is 14.3 Å². The maximum atomic E-state index is 11.7. The number of rotatable bonds is 7. The fourth-order valence-corrected chi connectivity index (χ4v) is 2.75. The molecular weight excluding hydrogens is 232 g/mol. The smallest absolute Gasteiger partial charge is 0.237 e. The molecule has 1 aliphatic rings. The molecule has 0 saturated heterocycles. The number of hydrogen-bond acceptors (Lipinski definition) is 4. The Kier molecular flexibility index (Phi) is 6.05. The van der Waals surface area contributed by atoms with E-state index in [-0.39, 0.29) is 18.1 Å². The van der Waals surface area contributed by atoms with Gasteiger partial charge in [-0.2, -0.15) is 0 Å². The van der Waals surface area contributed by atoms with E-state index >= 15 is 0 Å². The summed E-state index contributed by atoms with van der Waals surface area (Å²) in [5, 5.41) is 3.25. The topological polar surface area (TPSA) is 73.6 Å². The first-order valence-electron chi connectivity index (χ1n) is 6.73. The molecule has 1 saturated carbocycles. The molecule has 1 fully saturated rings. The molecule has 0 radical (unpaired) electrons. The molecule has 106 valence electrons. The molecule has 0 bridgehead atoms. The van der Waals surface area contributed by atoms with Gasteiger partial charge in [-0.3, -0.25) is 4.79 Å². The van der Waals surface area contributed by atoms with Gasteiger partial charge >= 0.3 is 0 Å². The van der Waals surface area contributed by atoms with Crippen molar-refractivity contribution in [2.75, 3.05) is 20.3 Å². The maximum Gasteiger partial charge on any atom is 0.237 e. The number of nitrogens with two attached hydrogens (primary N) is 1. The van der Waals surface area contributed by atoms with Crippen LogP contribution < -0.4 is 11.1 Å². The fraction of sp³-hybridized carbons (Fsp3) is 0.923. The highest BCUT2D eigenvalue weighted by molar-refractivity contribution is 5.84. The minimum Gasteiger partial charge on any atom is -0.382 e. The Morgan fingerprint density at radius 3 is 2.89 bits per heavy atom. The summed E-state index contributed by atoms with van der Waals surface area (Å²) in [6.07, 6.45) is 3.52. The number of carbonyl (C=O) groups excluding carboxylic acids is 1. The number of carbonyl (C=O) groups is 1. The van der Waals surface area contributed by atoms with Gasteiger partial charge < -0.3 is 20.5 Å². The van der Waals surface area contributed by atoms with Gasteiger partial charge in [0.2, 0.25) is 5.91 Å². The minimum atomic E-state index is -0.593. The zero-order valence-electron chi connectivity index (χ0n) is 11.7. The second kappa shape index (κ2) is 7.07. The molecule has 3 atom stereocenters. The van der Waals surface area contributed by atoms with Crippen LogP contribution in [0.1, 0.15) is 39.5 Å². The zero-order valence-corrected chi connectivity index (χ0v) is 11.7. The molecule has 0 aromatic heterocycles. The van der Waals surface area contributed by atoms with E-state index in [9.17, 15) is 4.79 Å². The van der Waals surface area contributed by atoms with Crippen molar-refractivity contribution in [3.8, 4) is 0 Å². The molecule has 18 heavy (non-hydrogen) atoms. The van der Waals surface area contributed by atoms with E-state index in [1.165, 1.54) is 0 Å². The third-order valence-electron chi connectivity index (χ3n) is 3.52. The van der Waals surface area contributed by atoms with Gasteiger partial charge in [-0.05, 0) is 32.7 Å². The Balaban J connectivity index is 2.60. The van der Waals surface area contributed by atoms with E-state index in [0.717, 1.165) is 25.8 Å². The van der Waals surface area contributed by atoms with E-state index in [4.69, 9.17) is 15.2 Å². The first kappa shape index (κ1) is 15.4. The number of primary amides is 1. The molecule has 1 aliphatic carbocycles. The highest BCUT2D eigenvalue weighted by Gasteiger charge is 2.41. The Bertz CT molecular complexity index is 269. The van der Waals surface area contributed by atoms with Gasteiger partial charge in [0, 0.05) is 13.5 Å². The van der Waals surface area contributed by atoms with Crippen molar-refractivity contribution in [1.82, 2.24) is 5.32 Å². The molecule has 0 spiro atoms. The first-order chi connectivity index (χ1) is 8.54. The highest BCUT2D eigenvalue weighted by Crippen LogP contribution is 2.30. The number of likely N-dealkylation sites (N-methyl/N-ethyl adjacent to an activating group) is 1. The lowest BCUT2D eigenvalue weighted by atomic mass is 9.79. The van der Waals surface area contributed by atoms with Gasteiger partial charge in [0.05, 0.1) is 18.8 Å². The van der Waals surface area contributed by atoms with E-state index in [1.807, 2.05) is 13.8 Å². The molecule has 1 amide bonds. The summed E-state index contributed by atoms with van der Waals surface area (Å²) in [7, 11) is 1.66. The summed E-state index contributed by atoms with van der Waals surface area (Å²) >= 11 is 0. The van der Waals surface area contributed by atoms with Gasteiger partial charge in [0.15, 0.2) is 0 Å². The van der Waals surface area contributed by atoms with E-state index < -0.39 is 5.54 Å². The van der Waals surface area contributed by atoms with Crippen LogP contribution in [-0.2, 0) is 14.3 Å². The number of amides is 1. The zero-order chi connectivity index (χ0) is 13.6. The number of hydrogen-bond donors (Lipinski definition) is 2. The Morgan fingerprint density at radius 2 is 2.33 bits per heavy atom. The molecule has 5 heteroatoms. The molecule has 0 aromatic rings. The quantitative estimate of drug-likeness (QED) is 0.709. The van der Waals surface area contributed by atoms with Crippen molar-refractivity contribution in [3.05, 3.63) is 0 Å². The van der Waals surface area contributed by atoms with Crippen LogP contribution in [0, 0.1) is 0 Å². The van der Waals surface area contributed by atoms with Crippen molar-refractivity contribution in [2.45, 2.75) is 57.3 Å². The second-order valence-corrected chi connectivity index (χ2v) is 5.10. The molecule has 5 nitrogen and oxygen atoms in total. The normalized spacial score (nSPS) is 30.1. The lowest BCUT2D eigenvalue weighted by Gasteiger charge is -2.39. The average molecular weight is 258 g/mol. The molecule has 3 unspecified atom stereocenters. The van der Waals surface area contributed by atoms with Crippen LogP contribution in [0.15, 0.2) is 0 Å². The predicted molar refractivity (Wildman–Crippen MR) is 70.3 cm³/mol. The summed E-state index contributed by atoms with van der Waals surface area (Å²) in [6, 6.07) is 0. The van der Waals surface area contributed by atoms with Crippen LogP contribution in [0.25, 0.3) is 0 Å². The van der Waals surface area contributed by atoms with Crippen LogP contribution in [-0.4, -0.2) is 43.9 Å². The third-order valence-corrected chi connectivity index (χ3v) is 3.52. The van der Waals surface area contributed by atoms with Crippen LogP contribution in [0.4, 0.5) is 0 Å². The largest absolute Gasteiger partial charge is 0.382 e. The monoisotopic (exact) mass is 258 g/mol. The van der Waals surface area contributed by atoms with Crippen molar-refractivity contribution >= 4 is 5.91 Å². The van der Waals surface area contributed by atoms with Crippen molar-refractivity contribution in [2.24, 2.45) is 5.73 Å². The molecule has 3 N–H and O–H groups in total. The van der Waals surface area contributed by atoms with Crippen LogP contribution in [0.3, 0.4) is 0 Å². The lowest BCUT2D eigenvalue weighted by Crippen LogP contribution is -2.59. The Morgan fingerprint density at radius 1 is 1.61 bits per heavy atom. The van der Waals surface area contributed by atoms with E-state index in [1.54, 1.807) is 7.11 Å². The summed E-state index contributed by atoms with van der Waals surface area (Å²) in [5.41, 5.74) is 4.97. The van der Waals surface area contributed by atoms with Gasteiger partial charge in [-0.1, -0.05) is 6.92 Å². The van der Waals surface area contributed by atoms with Gasteiger partial charge in [-0.15, -0.1) is 0 Å². The molecular formula is C13H26N2O3. The average Bonchev–Trinajstić information content (AvgIpc) is 2.29. The fourth-order valence-electron chi connectivity index (χ4n) is 2.75. The molecule has 0 aliphatic heterocycles.